The Morgan fingerprint density at radius 3 is 2.70 bits per heavy atom. The Morgan fingerprint density at radius 1 is 1.40 bits per heavy atom. The minimum Gasteiger partial charge on any atom is -0.379 e. The summed E-state index contributed by atoms with van der Waals surface area (Å²) in [5.41, 5.74) is 5.08. The van der Waals surface area contributed by atoms with Gasteiger partial charge in [0.25, 0.3) is 5.91 Å². The van der Waals surface area contributed by atoms with Crippen molar-refractivity contribution in [2.24, 2.45) is 11.1 Å². The normalized spacial score (nSPS) is 21.5. The lowest BCUT2D eigenvalue weighted by Gasteiger charge is -2.35. The van der Waals surface area contributed by atoms with Crippen LogP contribution in [-0.2, 0) is 0 Å². The molecular weight excluding hydrogens is 282 g/mol. The van der Waals surface area contributed by atoms with E-state index in [-0.39, 0.29) is 22.7 Å². The number of rotatable bonds is 3. The average Bonchev–Trinajstić information content (AvgIpc) is 2.31. The van der Waals surface area contributed by atoms with Crippen LogP contribution >= 0.6 is 11.8 Å². The maximum Gasteiger partial charge on any atom is 0.251 e. The van der Waals surface area contributed by atoms with Crippen LogP contribution in [0.15, 0.2) is 12.1 Å². The van der Waals surface area contributed by atoms with Gasteiger partial charge in [0, 0.05) is 17.9 Å². The van der Waals surface area contributed by atoms with Crippen molar-refractivity contribution in [2.45, 2.75) is 26.3 Å². The molecule has 1 amide bonds. The lowest BCUT2D eigenvalue weighted by Crippen LogP contribution is -2.35. The van der Waals surface area contributed by atoms with Crippen molar-refractivity contribution in [1.29, 1.82) is 0 Å². The molecule has 3 N–H and O–H groups in total. The van der Waals surface area contributed by atoms with Gasteiger partial charge in [-0.25, -0.2) is 8.78 Å². The smallest absolute Gasteiger partial charge is 0.251 e. The van der Waals surface area contributed by atoms with E-state index in [9.17, 15) is 13.6 Å². The molecule has 6 heteroatoms. The molecule has 0 spiro atoms. The molecule has 0 aromatic heterocycles. The van der Waals surface area contributed by atoms with E-state index >= 15 is 0 Å². The summed E-state index contributed by atoms with van der Waals surface area (Å²) in [6.45, 7) is 4.31. The zero-order valence-corrected chi connectivity index (χ0v) is 12.3. The number of amides is 1. The van der Waals surface area contributed by atoms with Crippen LogP contribution in [0.25, 0.3) is 0 Å². The predicted octanol–water partition coefficient (Wildman–Crippen LogP) is 3.01. The first-order valence-corrected chi connectivity index (χ1v) is 7.57. The summed E-state index contributed by atoms with van der Waals surface area (Å²) in [6.07, 6.45) is 0.892. The topological polar surface area (TPSA) is 55.1 Å². The Morgan fingerprint density at radius 2 is 2.10 bits per heavy atom. The van der Waals surface area contributed by atoms with Gasteiger partial charge in [-0.15, -0.1) is 0 Å². The van der Waals surface area contributed by atoms with Gasteiger partial charge in [-0.05, 0) is 23.7 Å². The van der Waals surface area contributed by atoms with E-state index < -0.39 is 17.5 Å². The van der Waals surface area contributed by atoms with Crippen molar-refractivity contribution in [1.82, 2.24) is 0 Å². The Balaban J connectivity index is 2.21. The summed E-state index contributed by atoms with van der Waals surface area (Å²) >= 11 is 1.80. The Kier molecular flexibility index (Phi) is 4.22. The SMILES string of the molecule is CC1(C)CSCC(Nc2cc(C(N)=O)c(F)cc2F)C1. The van der Waals surface area contributed by atoms with E-state index in [1.54, 1.807) is 11.8 Å². The molecule has 3 nitrogen and oxygen atoms in total. The second kappa shape index (κ2) is 5.60. The summed E-state index contributed by atoms with van der Waals surface area (Å²) in [4.78, 5) is 11.1. The van der Waals surface area contributed by atoms with Crippen molar-refractivity contribution in [3.63, 3.8) is 0 Å². The van der Waals surface area contributed by atoms with Gasteiger partial charge >= 0.3 is 0 Å². The first-order chi connectivity index (χ1) is 9.28. The van der Waals surface area contributed by atoms with Crippen LogP contribution < -0.4 is 11.1 Å². The van der Waals surface area contributed by atoms with Crippen LogP contribution in [0.1, 0.15) is 30.6 Å². The highest BCUT2D eigenvalue weighted by Crippen LogP contribution is 2.35. The number of benzene rings is 1. The minimum atomic E-state index is -0.932. The number of nitrogens with two attached hydrogens (primary N) is 1. The fourth-order valence-electron chi connectivity index (χ4n) is 2.42. The van der Waals surface area contributed by atoms with Gasteiger partial charge in [0.2, 0.25) is 0 Å². The van der Waals surface area contributed by atoms with Gasteiger partial charge in [0.1, 0.15) is 11.6 Å². The van der Waals surface area contributed by atoms with Gasteiger partial charge in [-0.1, -0.05) is 13.8 Å². The fourth-order valence-corrected chi connectivity index (χ4v) is 3.70. The van der Waals surface area contributed by atoms with Gasteiger partial charge < -0.3 is 11.1 Å². The number of hydrogen-bond donors (Lipinski definition) is 2. The quantitative estimate of drug-likeness (QED) is 0.902. The van der Waals surface area contributed by atoms with Gasteiger partial charge in [0.15, 0.2) is 0 Å². The van der Waals surface area contributed by atoms with Crippen molar-refractivity contribution in [2.75, 3.05) is 16.8 Å². The Hall–Kier alpha value is -1.30. The fraction of sp³-hybridized carbons (Fsp3) is 0.500. The molecule has 1 fully saturated rings. The van der Waals surface area contributed by atoms with Crippen LogP contribution in [0.4, 0.5) is 14.5 Å². The highest BCUT2D eigenvalue weighted by molar-refractivity contribution is 7.99. The van der Waals surface area contributed by atoms with E-state index in [2.05, 4.69) is 19.2 Å². The zero-order chi connectivity index (χ0) is 14.9. The van der Waals surface area contributed by atoms with Crippen LogP contribution in [0.2, 0.25) is 0 Å². The molecule has 1 atom stereocenters. The van der Waals surface area contributed by atoms with E-state index in [4.69, 9.17) is 5.73 Å². The first kappa shape index (κ1) is 15.1. The summed E-state index contributed by atoms with van der Waals surface area (Å²) in [6, 6.07) is 1.94. The minimum absolute atomic E-state index is 0.0874. The molecule has 2 rings (SSSR count). The van der Waals surface area contributed by atoms with E-state index in [0.717, 1.165) is 24.0 Å². The molecular formula is C14H18F2N2OS. The Bertz CT molecular complexity index is 534. The van der Waals surface area contributed by atoms with Gasteiger partial charge in [-0.2, -0.15) is 11.8 Å². The summed E-state index contributed by atoms with van der Waals surface area (Å²) in [5.74, 6) is -0.626. The third-order valence-corrected chi connectivity index (χ3v) is 4.92. The summed E-state index contributed by atoms with van der Waals surface area (Å²) in [7, 11) is 0. The molecule has 1 saturated heterocycles. The largest absolute Gasteiger partial charge is 0.379 e. The number of thioether (sulfide) groups is 1. The van der Waals surface area contributed by atoms with Gasteiger partial charge in [0.05, 0.1) is 11.3 Å². The van der Waals surface area contributed by atoms with Crippen molar-refractivity contribution in [3.8, 4) is 0 Å². The van der Waals surface area contributed by atoms with E-state index in [1.165, 1.54) is 0 Å². The number of carbonyl (C=O) groups excluding carboxylic acids is 1. The molecule has 1 heterocycles. The number of nitrogens with one attached hydrogen (secondary N) is 1. The zero-order valence-electron chi connectivity index (χ0n) is 11.5. The molecule has 1 aliphatic rings. The van der Waals surface area contributed by atoms with E-state index in [1.807, 2.05) is 0 Å². The number of halogens is 2. The monoisotopic (exact) mass is 300 g/mol. The highest BCUT2D eigenvalue weighted by Gasteiger charge is 2.29. The lowest BCUT2D eigenvalue weighted by molar-refractivity contribution is 0.0996. The average molecular weight is 300 g/mol. The molecule has 1 aromatic rings. The number of hydrogen-bond acceptors (Lipinski definition) is 3. The molecule has 0 radical (unpaired) electrons. The maximum atomic E-state index is 13.8. The third kappa shape index (κ3) is 3.42. The molecule has 110 valence electrons. The second-order valence-electron chi connectivity index (χ2n) is 5.90. The molecule has 0 aliphatic carbocycles. The standard InChI is InChI=1S/C14H18F2N2OS/c1-14(2)5-8(6-20-7-14)18-12-3-9(13(17)19)10(15)4-11(12)16/h3-4,8,18H,5-7H2,1-2H3,(H2,17,19). The third-order valence-electron chi connectivity index (χ3n) is 3.29. The molecule has 20 heavy (non-hydrogen) atoms. The van der Waals surface area contributed by atoms with Crippen LogP contribution in [0.5, 0.6) is 0 Å². The molecule has 1 aliphatic heterocycles. The summed E-state index contributed by atoms with van der Waals surface area (Å²) < 4.78 is 27.2. The lowest BCUT2D eigenvalue weighted by atomic mass is 9.87. The van der Waals surface area contributed by atoms with Crippen LogP contribution in [-0.4, -0.2) is 23.5 Å². The summed E-state index contributed by atoms with van der Waals surface area (Å²) in [5, 5.41) is 3.06. The van der Waals surface area contributed by atoms with Crippen LogP contribution in [0, 0.1) is 17.0 Å². The molecule has 0 saturated carbocycles. The highest BCUT2D eigenvalue weighted by atomic mass is 32.2. The second-order valence-corrected chi connectivity index (χ2v) is 6.93. The van der Waals surface area contributed by atoms with E-state index in [0.29, 0.717) is 6.07 Å². The molecule has 0 bridgehead atoms. The number of primary amides is 1. The number of carbonyl (C=O) groups is 1. The van der Waals surface area contributed by atoms with Crippen molar-refractivity contribution >= 4 is 23.4 Å². The predicted molar refractivity (Wildman–Crippen MR) is 78.0 cm³/mol. The Labute approximate surface area is 121 Å². The van der Waals surface area contributed by atoms with Crippen LogP contribution in [0.3, 0.4) is 0 Å². The maximum absolute atomic E-state index is 13.8. The van der Waals surface area contributed by atoms with Gasteiger partial charge in [-0.3, -0.25) is 4.79 Å². The molecule has 1 aromatic carbocycles. The van der Waals surface area contributed by atoms with Crippen molar-refractivity contribution in [3.05, 3.63) is 29.3 Å². The molecule has 1 unspecified atom stereocenters. The van der Waals surface area contributed by atoms with Crippen molar-refractivity contribution < 1.29 is 13.6 Å². The first-order valence-electron chi connectivity index (χ1n) is 6.42. The number of anilines is 1.